The summed E-state index contributed by atoms with van der Waals surface area (Å²) in [6, 6.07) is 4.01. The van der Waals surface area contributed by atoms with Crippen LogP contribution in [0, 0.1) is 0 Å². The standard InChI is InChI=1S/C14H15N3OS/c15-14-17-10(8-19-14)7-12(18)11-5-1-3-9-4-2-6-16-13(9)11/h2,4,6,8,11H,1,3,5,7H2,(H2,15,17). The Bertz CT molecular complexity index is 608. The minimum atomic E-state index is -0.0760. The van der Waals surface area contributed by atoms with E-state index in [-0.39, 0.29) is 11.7 Å². The second-order valence-corrected chi connectivity index (χ2v) is 5.70. The predicted molar refractivity (Wildman–Crippen MR) is 75.2 cm³/mol. The summed E-state index contributed by atoms with van der Waals surface area (Å²) in [5.41, 5.74) is 8.54. The van der Waals surface area contributed by atoms with Crippen LogP contribution in [0.25, 0.3) is 0 Å². The summed E-state index contributed by atoms with van der Waals surface area (Å²) in [6.07, 6.45) is 5.09. The van der Waals surface area contributed by atoms with Crippen LogP contribution >= 0.6 is 11.3 Å². The lowest BCUT2D eigenvalue weighted by Crippen LogP contribution is -2.21. The molecular formula is C14H15N3OS. The van der Waals surface area contributed by atoms with Crippen LogP contribution in [0.2, 0.25) is 0 Å². The van der Waals surface area contributed by atoms with E-state index in [9.17, 15) is 4.79 Å². The van der Waals surface area contributed by atoms with Crippen molar-refractivity contribution in [3.63, 3.8) is 0 Å². The molecule has 0 spiro atoms. The maximum atomic E-state index is 12.4. The molecule has 3 rings (SSSR count). The number of pyridine rings is 1. The van der Waals surface area contributed by atoms with Crippen LogP contribution in [-0.4, -0.2) is 15.8 Å². The molecule has 0 saturated carbocycles. The molecule has 98 valence electrons. The Morgan fingerprint density at radius 2 is 2.42 bits per heavy atom. The number of fused-ring (bicyclic) bond motifs is 1. The van der Waals surface area contributed by atoms with Gasteiger partial charge in [-0.2, -0.15) is 0 Å². The van der Waals surface area contributed by atoms with E-state index in [1.807, 2.05) is 11.4 Å². The molecule has 0 saturated heterocycles. The first-order chi connectivity index (χ1) is 9.24. The van der Waals surface area contributed by atoms with Gasteiger partial charge in [-0.05, 0) is 30.9 Å². The van der Waals surface area contributed by atoms with Gasteiger partial charge in [-0.15, -0.1) is 11.3 Å². The third-order valence-corrected chi connectivity index (χ3v) is 4.23. The lowest BCUT2D eigenvalue weighted by Gasteiger charge is -2.22. The average Bonchev–Trinajstić information content (AvgIpc) is 2.83. The largest absolute Gasteiger partial charge is 0.375 e. The number of carbonyl (C=O) groups is 1. The molecule has 2 aromatic heterocycles. The first kappa shape index (κ1) is 12.3. The van der Waals surface area contributed by atoms with Crippen molar-refractivity contribution in [2.24, 2.45) is 0 Å². The van der Waals surface area contributed by atoms with Gasteiger partial charge >= 0.3 is 0 Å². The number of aromatic nitrogens is 2. The molecule has 1 atom stereocenters. The fourth-order valence-electron chi connectivity index (χ4n) is 2.63. The minimum Gasteiger partial charge on any atom is -0.375 e. The Hall–Kier alpha value is -1.75. The first-order valence-electron chi connectivity index (χ1n) is 6.40. The summed E-state index contributed by atoms with van der Waals surface area (Å²) in [4.78, 5) is 21.0. The molecular weight excluding hydrogens is 258 g/mol. The monoisotopic (exact) mass is 273 g/mol. The van der Waals surface area contributed by atoms with Gasteiger partial charge in [0.25, 0.3) is 0 Å². The van der Waals surface area contributed by atoms with Crippen LogP contribution in [0.3, 0.4) is 0 Å². The number of hydrogen-bond donors (Lipinski definition) is 1. The number of aryl methyl sites for hydroxylation is 1. The molecule has 0 bridgehead atoms. The van der Waals surface area contributed by atoms with Gasteiger partial charge in [-0.1, -0.05) is 6.07 Å². The predicted octanol–water partition coefficient (Wildman–Crippen LogP) is 2.35. The van der Waals surface area contributed by atoms with Gasteiger partial charge in [-0.25, -0.2) is 4.98 Å². The third-order valence-electron chi connectivity index (χ3n) is 3.51. The number of nitrogen functional groups attached to an aromatic ring is 1. The molecule has 0 aliphatic heterocycles. The molecule has 2 N–H and O–H groups in total. The number of rotatable bonds is 3. The number of hydrogen-bond acceptors (Lipinski definition) is 5. The van der Waals surface area contributed by atoms with Crippen molar-refractivity contribution < 1.29 is 4.79 Å². The fourth-order valence-corrected chi connectivity index (χ4v) is 3.19. The van der Waals surface area contributed by atoms with Crippen molar-refractivity contribution in [1.82, 2.24) is 9.97 Å². The van der Waals surface area contributed by atoms with E-state index in [1.54, 1.807) is 6.20 Å². The van der Waals surface area contributed by atoms with Gasteiger partial charge in [0.15, 0.2) is 5.13 Å². The van der Waals surface area contributed by atoms with Gasteiger partial charge in [-0.3, -0.25) is 9.78 Å². The molecule has 5 heteroatoms. The Morgan fingerprint density at radius 3 is 3.21 bits per heavy atom. The van der Waals surface area contributed by atoms with Crippen molar-refractivity contribution in [1.29, 1.82) is 0 Å². The van der Waals surface area contributed by atoms with Crippen molar-refractivity contribution in [3.8, 4) is 0 Å². The Balaban J connectivity index is 1.81. The number of Topliss-reactive ketones (excluding diaryl/α,β-unsaturated/α-hetero) is 1. The Morgan fingerprint density at radius 1 is 1.53 bits per heavy atom. The smallest absolute Gasteiger partial charge is 0.180 e. The van der Waals surface area contributed by atoms with E-state index in [1.165, 1.54) is 16.9 Å². The van der Waals surface area contributed by atoms with Crippen molar-refractivity contribution >= 4 is 22.3 Å². The zero-order chi connectivity index (χ0) is 13.2. The second kappa shape index (κ2) is 5.09. The van der Waals surface area contributed by atoms with Gasteiger partial charge in [0, 0.05) is 11.6 Å². The molecule has 1 aliphatic carbocycles. The maximum Gasteiger partial charge on any atom is 0.180 e. The summed E-state index contributed by atoms with van der Waals surface area (Å²) in [5, 5.41) is 2.38. The average molecular weight is 273 g/mol. The molecule has 19 heavy (non-hydrogen) atoms. The van der Waals surface area contributed by atoms with E-state index in [0.29, 0.717) is 11.6 Å². The van der Waals surface area contributed by atoms with Gasteiger partial charge < -0.3 is 5.73 Å². The Labute approximate surface area is 115 Å². The van der Waals surface area contributed by atoms with Crippen LogP contribution in [0.1, 0.15) is 35.7 Å². The second-order valence-electron chi connectivity index (χ2n) is 4.81. The van der Waals surface area contributed by atoms with Crippen molar-refractivity contribution in [3.05, 3.63) is 40.7 Å². The highest BCUT2D eigenvalue weighted by atomic mass is 32.1. The van der Waals surface area contributed by atoms with Gasteiger partial charge in [0.05, 0.1) is 23.7 Å². The molecule has 1 aliphatic rings. The number of anilines is 1. The highest BCUT2D eigenvalue weighted by molar-refractivity contribution is 7.13. The highest BCUT2D eigenvalue weighted by Gasteiger charge is 2.27. The minimum absolute atomic E-state index is 0.0760. The Kier molecular flexibility index (Phi) is 3.29. The van der Waals surface area contributed by atoms with Crippen LogP contribution in [0.4, 0.5) is 5.13 Å². The van der Waals surface area contributed by atoms with E-state index in [2.05, 4.69) is 16.0 Å². The molecule has 0 fully saturated rings. The SMILES string of the molecule is Nc1nc(CC(=O)C2CCCc3cccnc32)cs1. The van der Waals surface area contributed by atoms with Crippen molar-refractivity contribution in [2.75, 3.05) is 5.73 Å². The van der Waals surface area contributed by atoms with Crippen LogP contribution in [0.5, 0.6) is 0 Å². The maximum absolute atomic E-state index is 12.4. The van der Waals surface area contributed by atoms with Crippen LogP contribution in [-0.2, 0) is 17.6 Å². The van der Waals surface area contributed by atoms with Crippen LogP contribution < -0.4 is 5.73 Å². The molecule has 0 aromatic carbocycles. The van der Waals surface area contributed by atoms with E-state index in [4.69, 9.17) is 5.73 Å². The quantitative estimate of drug-likeness (QED) is 0.932. The van der Waals surface area contributed by atoms with E-state index in [0.717, 1.165) is 30.7 Å². The normalized spacial score (nSPS) is 18.0. The molecule has 0 amide bonds. The number of thiazole rings is 1. The first-order valence-corrected chi connectivity index (χ1v) is 7.28. The highest BCUT2D eigenvalue weighted by Crippen LogP contribution is 2.31. The van der Waals surface area contributed by atoms with Crippen LogP contribution in [0.15, 0.2) is 23.7 Å². The van der Waals surface area contributed by atoms with Crippen molar-refractivity contribution in [2.45, 2.75) is 31.6 Å². The summed E-state index contributed by atoms with van der Waals surface area (Å²) >= 11 is 1.38. The zero-order valence-electron chi connectivity index (χ0n) is 10.5. The molecule has 2 aromatic rings. The summed E-state index contributed by atoms with van der Waals surface area (Å²) in [5.74, 6) is 0.123. The lowest BCUT2D eigenvalue weighted by molar-refractivity contribution is -0.120. The summed E-state index contributed by atoms with van der Waals surface area (Å²) in [7, 11) is 0. The number of carbonyl (C=O) groups excluding carboxylic acids is 1. The fraction of sp³-hybridized carbons (Fsp3) is 0.357. The molecule has 0 radical (unpaired) electrons. The third kappa shape index (κ3) is 2.51. The molecule has 1 unspecified atom stereocenters. The lowest BCUT2D eigenvalue weighted by atomic mass is 9.83. The number of ketones is 1. The zero-order valence-corrected chi connectivity index (χ0v) is 11.3. The topological polar surface area (TPSA) is 68.9 Å². The molecule has 2 heterocycles. The van der Waals surface area contributed by atoms with E-state index >= 15 is 0 Å². The van der Waals surface area contributed by atoms with Gasteiger partial charge in [0.1, 0.15) is 5.78 Å². The van der Waals surface area contributed by atoms with Gasteiger partial charge in [0.2, 0.25) is 0 Å². The van der Waals surface area contributed by atoms with E-state index < -0.39 is 0 Å². The number of nitrogens with two attached hydrogens (primary N) is 1. The summed E-state index contributed by atoms with van der Waals surface area (Å²) < 4.78 is 0. The molecule has 4 nitrogen and oxygen atoms in total. The summed E-state index contributed by atoms with van der Waals surface area (Å²) in [6.45, 7) is 0. The number of nitrogens with zero attached hydrogens (tertiary/aromatic N) is 2.